The van der Waals surface area contributed by atoms with Gasteiger partial charge in [-0.15, -0.1) is 0 Å². The molecule has 0 radical (unpaired) electrons. The van der Waals surface area contributed by atoms with Gasteiger partial charge < -0.3 is 24.1 Å². The number of amides is 1. The number of hydrogen-bond donors (Lipinski definition) is 1. The summed E-state index contributed by atoms with van der Waals surface area (Å²) in [5.41, 5.74) is -0.236. The third kappa shape index (κ3) is 5.24. The molecule has 1 amide bonds. The minimum atomic E-state index is -4.48. The van der Waals surface area contributed by atoms with Gasteiger partial charge in [-0.25, -0.2) is 0 Å². The predicted molar refractivity (Wildman–Crippen MR) is 116 cm³/mol. The van der Waals surface area contributed by atoms with Gasteiger partial charge >= 0.3 is 6.18 Å². The Hall–Kier alpha value is -3.76. The fourth-order valence-electron chi connectivity index (χ4n) is 3.24. The summed E-state index contributed by atoms with van der Waals surface area (Å²) < 4.78 is 59.8. The van der Waals surface area contributed by atoms with Gasteiger partial charge in [-0.3, -0.25) is 4.79 Å². The van der Waals surface area contributed by atoms with Gasteiger partial charge in [0.2, 0.25) is 17.5 Å². The molecule has 1 aromatic heterocycles. The summed E-state index contributed by atoms with van der Waals surface area (Å²) in [4.78, 5) is 17.1. The molecular formula is C23H24F3N3O5. The maximum Gasteiger partial charge on any atom is 0.416 e. The van der Waals surface area contributed by atoms with E-state index in [2.05, 4.69) is 15.5 Å². The predicted octanol–water partition coefficient (Wildman–Crippen LogP) is 4.91. The van der Waals surface area contributed by atoms with Crippen molar-refractivity contribution in [2.45, 2.75) is 26.1 Å². The van der Waals surface area contributed by atoms with Crippen molar-refractivity contribution in [3.63, 3.8) is 0 Å². The quantitative estimate of drug-likeness (QED) is 0.491. The van der Waals surface area contributed by atoms with E-state index in [4.69, 9.17) is 18.7 Å². The SMILES string of the molecule is COc1cc(-c2noc([C@@H](NC(=O)c3ccc(C(F)(F)F)cc3)C(C)C)n2)cc(OC)c1OC. The average Bonchev–Trinajstić information content (AvgIpc) is 3.30. The molecule has 0 spiro atoms. The van der Waals surface area contributed by atoms with E-state index in [-0.39, 0.29) is 23.2 Å². The lowest BCUT2D eigenvalue weighted by molar-refractivity contribution is -0.137. The first-order valence-electron chi connectivity index (χ1n) is 10.2. The molecule has 11 heteroatoms. The minimum absolute atomic E-state index is 0.0722. The summed E-state index contributed by atoms with van der Waals surface area (Å²) in [6.07, 6.45) is -4.48. The summed E-state index contributed by atoms with van der Waals surface area (Å²) in [6.45, 7) is 3.67. The van der Waals surface area contributed by atoms with E-state index in [9.17, 15) is 18.0 Å². The van der Waals surface area contributed by atoms with Crippen LogP contribution < -0.4 is 19.5 Å². The van der Waals surface area contributed by atoms with Crippen LogP contribution in [0, 0.1) is 5.92 Å². The molecule has 0 aliphatic carbocycles. The molecule has 0 fully saturated rings. The highest BCUT2D eigenvalue weighted by atomic mass is 19.4. The van der Waals surface area contributed by atoms with Crippen LogP contribution in [0.3, 0.4) is 0 Å². The first-order valence-corrected chi connectivity index (χ1v) is 10.2. The number of nitrogens with zero attached hydrogens (tertiary/aromatic N) is 2. The Morgan fingerprint density at radius 1 is 1.00 bits per heavy atom. The average molecular weight is 479 g/mol. The van der Waals surface area contributed by atoms with Crippen LogP contribution >= 0.6 is 0 Å². The van der Waals surface area contributed by atoms with Crippen molar-refractivity contribution < 1.29 is 36.7 Å². The number of rotatable bonds is 8. The van der Waals surface area contributed by atoms with Crippen molar-refractivity contribution in [2.24, 2.45) is 5.92 Å². The molecule has 0 aliphatic rings. The zero-order chi connectivity index (χ0) is 25.0. The van der Waals surface area contributed by atoms with Crippen LogP contribution in [0.4, 0.5) is 13.2 Å². The van der Waals surface area contributed by atoms with E-state index in [1.54, 1.807) is 12.1 Å². The Morgan fingerprint density at radius 3 is 2.06 bits per heavy atom. The van der Waals surface area contributed by atoms with E-state index in [0.717, 1.165) is 24.3 Å². The zero-order valence-electron chi connectivity index (χ0n) is 19.2. The van der Waals surface area contributed by atoms with E-state index < -0.39 is 23.7 Å². The largest absolute Gasteiger partial charge is 0.493 e. The van der Waals surface area contributed by atoms with Gasteiger partial charge in [-0.2, -0.15) is 18.2 Å². The Bertz CT molecular complexity index is 1120. The van der Waals surface area contributed by atoms with Gasteiger partial charge in [-0.1, -0.05) is 19.0 Å². The Balaban J connectivity index is 1.86. The van der Waals surface area contributed by atoms with Gasteiger partial charge in [0.25, 0.3) is 5.91 Å². The van der Waals surface area contributed by atoms with Crippen LogP contribution in [0.15, 0.2) is 40.9 Å². The topological polar surface area (TPSA) is 95.7 Å². The van der Waals surface area contributed by atoms with Crippen LogP contribution in [-0.4, -0.2) is 37.4 Å². The summed E-state index contributed by atoms with van der Waals surface area (Å²) in [5.74, 6) is 0.842. The van der Waals surface area contributed by atoms with Crippen LogP contribution in [-0.2, 0) is 6.18 Å². The number of carbonyl (C=O) groups is 1. The molecule has 34 heavy (non-hydrogen) atoms. The molecule has 8 nitrogen and oxygen atoms in total. The second-order valence-corrected chi connectivity index (χ2v) is 7.64. The summed E-state index contributed by atoms with van der Waals surface area (Å²) in [5, 5.41) is 6.75. The molecule has 1 heterocycles. The highest BCUT2D eigenvalue weighted by molar-refractivity contribution is 5.94. The van der Waals surface area contributed by atoms with E-state index in [1.165, 1.54) is 21.3 Å². The number of carbonyl (C=O) groups excluding carboxylic acids is 1. The van der Waals surface area contributed by atoms with Gasteiger partial charge in [-0.05, 0) is 42.3 Å². The summed E-state index contributed by atoms with van der Waals surface area (Å²) in [6, 6.07) is 6.57. The number of alkyl halides is 3. The van der Waals surface area contributed by atoms with Crippen LogP contribution in [0.25, 0.3) is 11.4 Å². The van der Waals surface area contributed by atoms with Crippen LogP contribution in [0.2, 0.25) is 0 Å². The maximum atomic E-state index is 12.8. The second kappa shape index (κ2) is 10.0. The fourth-order valence-corrected chi connectivity index (χ4v) is 3.24. The number of halogens is 3. The molecule has 0 saturated carbocycles. The van der Waals surface area contributed by atoms with Gasteiger partial charge in [0, 0.05) is 11.1 Å². The van der Waals surface area contributed by atoms with E-state index in [0.29, 0.717) is 22.8 Å². The Morgan fingerprint density at radius 2 is 1.59 bits per heavy atom. The third-order valence-electron chi connectivity index (χ3n) is 5.06. The Kier molecular flexibility index (Phi) is 7.33. The first kappa shape index (κ1) is 24.9. The molecule has 0 aliphatic heterocycles. The van der Waals surface area contributed by atoms with Crippen molar-refractivity contribution in [2.75, 3.05) is 21.3 Å². The van der Waals surface area contributed by atoms with Gasteiger partial charge in [0.15, 0.2) is 11.5 Å². The number of hydrogen-bond acceptors (Lipinski definition) is 7. The van der Waals surface area contributed by atoms with Crippen molar-refractivity contribution >= 4 is 5.91 Å². The number of benzene rings is 2. The second-order valence-electron chi connectivity index (χ2n) is 7.64. The zero-order valence-corrected chi connectivity index (χ0v) is 19.2. The monoisotopic (exact) mass is 479 g/mol. The normalized spacial score (nSPS) is 12.4. The third-order valence-corrected chi connectivity index (χ3v) is 5.06. The van der Waals surface area contributed by atoms with Gasteiger partial charge in [0.05, 0.1) is 26.9 Å². The summed E-state index contributed by atoms with van der Waals surface area (Å²) >= 11 is 0. The number of ether oxygens (including phenoxy) is 3. The van der Waals surface area contributed by atoms with Crippen molar-refractivity contribution in [1.29, 1.82) is 0 Å². The number of methoxy groups -OCH3 is 3. The molecule has 0 saturated heterocycles. The van der Waals surface area contributed by atoms with Crippen molar-refractivity contribution in [3.05, 3.63) is 53.4 Å². The fraction of sp³-hybridized carbons (Fsp3) is 0.348. The lowest BCUT2D eigenvalue weighted by Gasteiger charge is -2.18. The molecule has 1 atom stereocenters. The van der Waals surface area contributed by atoms with E-state index in [1.807, 2.05) is 13.8 Å². The van der Waals surface area contributed by atoms with Crippen molar-refractivity contribution in [1.82, 2.24) is 15.5 Å². The molecule has 3 aromatic rings. The molecule has 0 unspecified atom stereocenters. The van der Waals surface area contributed by atoms with Crippen LogP contribution in [0.1, 0.15) is 41.7 Å². The van der Waals surface area contributed by atoms with E-state index >= 15 is 0 Å². The Labute approximate surface area is 194 Å². The van der Waals surface area contributed by atoms with Gasteiger partial charge in [0.1, 0.15) is 6.04 Å². The van der Waals surface area contributed by atoms with Crippen LogP contribution in [0.5, 0.6) is 17.2 Å². The first-order chi connectivity index (χ1) is 16.1. The molecule has 2 aromatic carbocycles. The molecular weight excluding hydrogens is 455 g/mol. The lowest BCUT2D eigenvalue weighted by Crippen LogP contribution is -2.32. The van der Waals surface area contributed by atoms with Crippen molar-refractivity contribution in [3.8, 4) is 28.6 Å². The number of aromatic nitrogens is 2. The maximum absolute atomic E-state index is 12.8. The molecule has 0 bridgehead atoms. The highest BCUT2D eigenvalue weighted by Crippen LogP contribution is 2.40. The standard InChI is InChI=1S/C23H24F3N3O5/c1-12(2)18(27-21(30)13-6-8-15(9-7-13)23(24,25)26)22-28-20(29-34-22)14-10-16(31-3)19(33-5)17(11-14)32-4/h6-12,18H,1-5H3,(H,27,30)/t18-/m0/s1. The summed E-state index contributed by atoms with van der Waals surface area (Å²) in [7, 11) is 4.45. The lowest BCUT2D eigenvalue weighted by atomic mass is 10.0. The minimum Gasteiger partial charge on any atom is -0.493 e. The molecule has 182 valence electrons. The highest BCUT2D eigenvalue weighted by Gasteiger charge is 2.31. The number of nitrogens with one attached hydrogen (secondary N) is 1. The molecule has 1 N–H and O–H groups in total. The smallest absolute Gasteiger partial charge is 0.416 e. The molecule has 3 rings (SSSR count).